The van der Waals surface area contributed by atoms with Crippen LogP contribution in [0.15, 0.2) is 0 Å². The van der Waals surface area contributed by atoms with E-state index in [2.05, 4.69) is 5.32 Å². The highest BCUT2D eigenvalue weighted by Gasteiger charge is 2.51. The molecule has 1 rings (SSSR count). The zero-order chi connectivity index (χ0) is 11.6. The van der Waals surface area contributed by atoms with Crippen molar-refractivity contribution in [2.45, 2.75) is 32.7 Å². The first-order valence-corrected chi connectivity index (χ1v) is 5.02. The monoisotopic (exact) mass is 215 g/mol. The fraction of sp³-hybridized carbons (Fsp3) is 0.800. The van der Waals surface area contributed by atoms with Crippen LogP contribution in [0.2, 0.25) is 0 Å². The number of hydrogen-bond acceptors (Lipinski definition) is 3. The van der Waals surface area contributed by atoms with Crippen molar-refractivity contribution in [1.29, 1.82) is 0 Å². The molecule has 1 saturated carbocycles. The van der Waals surface area contributed by atoms with E-state index >= 15 is 0 Å². The minimum absolute atomic E-state index is 0.00759. The second-order valence-corrected chi connectivity index (χ2v) is 4.66. The van der Waals surface area contributed by atoms with Crippen LogP contribution in [-0.4, -0.2) is 34.7 Å². The van der Waals surface area contributed by atoms with Crippen molar-refractivity contribution in [3.8, 4) is 0 Å². The van der Waals surface area contributed by atoms with Crippen LogP contribution < -0.4 is 5.32 Å². The molecule has 3 N–H and O–H groups in total. The highest BCUT2D eigenvalue weighted by atomic mass is 16.4. The van der Waals surface area contributed by atoms with Crippen LogP contribution in [0.5, 0.6) is 0 Å². The Balaban J connectivity index is 2.45. The van der Waals surface area contributed by atoms with Crippen molar-refractivity contribution in [2.24, 2.45) is 11.3 Å². The van der Waals surface area contributed by atoms with Gasteiger partial charge in [0.1, 0.15) is 6.04 Å². The normalized spacial score (nSPS) is 24.3. The predicted molar refractivity (Wildman–Crippen MR) is 53.2 cm³/mol. The molecule has 0 aromatic heterocycles. The van der Waals surface area contributed by atoms with Crippen LogP contribution in [0.1, 0.15) is 26.7 Å². The molecule has 0 radical (unpaired) electrons. The summed E-state index contributed by atoms with van der Waals surface area (Å²) in [5.74, 6) is -1.41. The van der Waals surface area contributed by atoms with Gasteiger partial charge in [-0.15, -0.1) is 0 Å². The Morgan fingerprint density at radius 3 is 2.40 bits per heavy atom. The molecule has 5 heteroatoms. The minimum atomic E-state index is -1.10. The van der Waals surface area contributed by atoms with Crippen molar-refractivity contribution in [1.82, 2.24) is 5.32 Å². The third-order valence-electron chi connectivity index (χ3n) is 2.86. The Bertz CT molecular complexity index is 275. The number of amides is 1. The molecule has 1 aliphatic rings. The summed E-state index contributed by atoms with van der Waals surface area (Å²) in [6, 6.07) is -0.973. The quantitative estimate of drug-likeness (QED) is 0.601. The molecule has 1 fully saturated rings. The fourth-order valence-electron chi connectivity index (χ4n) is 1.57. The van der Waals surface area contributed by atoms with Crippen molar-refractivity contribution >= 4 is 11.9 Å². The summed E-state index contributed by atoms with van der Waals surface area (Å²) >= 11 is 0. The molecule has 5 nitrogen and oxygen atoms in total. The van der Waals surface area contributed by atoms with Crippen LogP contribution in [0, 0.1) is 11.3 Å². The van der Waals surface area contributed by atoms with E-state index in [0.29, 0.717) is 0 Å². The summed E-state index contributed by atoms with van der Waals surface area (Å²) in [4.78, 5) is 22.3. The van der Waals surface area contributed by atoms with Crippen LogP contribution in [0.25, 0.3) is 0 Å². The Hall–Kier alpha value is -1.10. The van der Waals surface area contributed by atoms with Gasteiger partial charge in [0.25, 0.3) is 0 Å². The predicted octanol–water partition coefficient (Wildman–Crippen LogP) is -0.0157. The second kappa shape index (κ2) is 4.18. The number of carbonyl (C=O) groups is 2. The molecule has 1 amide bonds. The van der Waals surface area contributed by atoms with Crippen LogP contribution >= 0.6 is 0 Å². The van der Waals surface area contributed by atoms with Gasteiger partial charge in [-0.2, -0.15) is 0 Å². The Morgan fingerprint density at radius 2 is 2.07 bits per heavy atom. The highest BCUT2D eigenvalue weighted by Crippen LogP contribution is 2.51. The molecule has 2 unspecified atom stereocenters. The summed E-state index contributed by atoms with van der Waals surface area (Å²) in [5, 5.41) is 19.8. The lowest BCUT2D eigenvalue weighted by atomic mass is 10.1. The molecule has 2 atom stereocenters. The standard InChI is InChI=1S/C10H17NO4/c1-10(2)5-6(10)8(13)11-7(3-4-12)9(14)15/h6-7,12H,3-5H2,1-2H3,(H,11,13)(H,14,15). The van der Waals surface area contributed by atoms with Gasteiger partial charge >= 0.3 is 5.97 Å². The van der Waals surface area contributed by atoms with E-state index in [9.17, 15) is 9.59 Å². The van der Waals surface area contributed by atoms with Crippen molar-refractivity contribution in [3.63, 3.8) is 0 Å². The first kappa shape index (κ1) is 12.0. The van der Waals surface area contributed by atoms with Gasteiger partial charge in [-0.25, -0.2) is 4.79 Å². The molecule has 0 heterocycles. The van der Waals surface area contributed by atoms with E-state index in [1.165, 1.54) is 0 Å². The zero-order valence-electron chi connectivity index (χ0n) is 8.99. The first-order valence-electron chi connectivity index (χ1n) is 5.02. The highest BCUT2D eigenvalue weighted by molar-refractivity contribution is 5.87. The summed E-state index contributed by atoms with van der Waals surface area (Å²) in [5.41, 5.74) is -0.00759. The third-order valence-corrected chi connectivity index (χ3v) is 2.86. The van der Waals surface area contributed by atoms with Crippen LogP contribution in [0.4, 0.5) is 0 Å². The largest absolute Gasteiger partial charge is 0.480 e. The summed E-state index contributed by atoms with van der Waals surface area (Å²) < 4.78 is 0. The smallest absolute Gasteiger partial charge is 0.326 e. The zero-order valence-corrected chi connectivity index (χ0v) is 8.99. The van der Waals surface area contributed by atoms with E-state index in [1.54, 1.807) is 0 Å². The number of aliphatic hydroxyl groups excluding tert-OH is 1. The molecular weight excluding hydrogens is 198 g/mol. The molecule has 1 aliphatic carbocycles. The summed E-state index contributed by atoms with van der Waals surface area (Å²) in [6.45, 7) is 3.70. The molecule has 0 bridgehead atoms. The Morgan fingerprint density at radius 1 is 1.53 bits per heavy atom. The number of carboxylic acids is 1. The summed E-state index contributed by atoms with van der Waals surface area (Å²) in [6.07, 6.45) is 0.846. The van der Waals surface area contributed by atoms with E-state index in [4.69, 9.17) is 10.2 Å². The molecular formula is C10H17NO4. The van der Waals surface area contributed by atoms with Gasteiger partial charge in [-0.1, -0.05) is 13.8 Å². The maximum Gasteiger partial charge on any atom is 0.326 e. The van der Waals surface area contributed by atoms with E-state index in [-0.39, 0.29) is 30.3 Å². The molecule has 0 aromatic carbocycles. The Labute approximate surface area is 88.5 Å². The molecule has 15 heavy (non-hydrogen) atoms. The average Bonchev–Trinajstić information content (AvgIpc) is 2.74. The van der Waals surface area contributed by atoms with Gasteiger partial charge in [0.15, 0.2) is 0 Å². The molecule has 86 valence electrons. The number of aliphatic carboxylic acids is 1. The average molecular weight is 215 g/mol. The first-order chi connectivity index (χ1) is 6.88. The minimum Gasteiger partial charge on any atom is -0.480 e. The third kappa shape index (κ3) is 2.92. The van der Waals surface area contributed by atoms with Gasteiger partial charge in [0.05, 0.1) is 0 Å². The lowest BCUT2D eigenvalue weighted by molar-refractivity contribution is -0.142. The SMILES string of the molecule is CC1(C)CC1C(=O)NC(CCO)C(=O)O. The number of rotatable bonds is 5. The maximum absolute atomic E-state index is 11.6. The maximum atomic E-state index is 11.6. The summed E-state index contributed by atoms with van der Waals surface area (Å²) in [7, 11) is 0. The van der Waals surface area contributed by atoms with Gasteiger partial charge in [0, 0.05) is 18.9 Å². The van der Waals surface area contributed by atoms with Gasteiger partial charge in [-0.05, 0) is 11.8 Å². The topological polar surface area (TPSA) is 86.6 Å². The number of nitrogens with one attached hydrogen (secondary N) is 1. The molecule has 0 saturated heterocycles. The Kier molecular flexibility index (Phi) is 3.34. The number of carboxylic acid groups (broad SMARTS) is 1. The number of hydrogen-bond donors (Lipinski definition) is 3. The number of aliphatic hydroxyl groups is 1. The van der Waals surface area contributed by atoms with Crippen molar-refractivity contribution < 1.29 is 19.8 Å². The van der Waals surface area contributed by atoms with Crippen LogP contribution in [-0.2, 0) is 9.59 Å². The molecule has 0 aliphatic heterocycles. The van der Waals surface area contributed by atoms with Crippen LogP contribution in [0.3, 0.4) is 0 Å². The second-order valence-electron chi connectivity index (χ2n) is 4.66. The van der Waals surface area contributed by atoms with E-state index < -0.39 is 12.0 Å². The lowest BCUT2D eigenvalue weighted by Gasteiger charge is -2.13. The van der Waals surface area contributed by atoms with E-state index in [0.717, 1.165) is 6.42 Å². The fourth-order valence-corrected chi connectivity index (χ4v) is 1.57. The van der Waals surface area contributed by atoms with Gasteiger partial charge in [0.2, 0.25) is 5.91 Å². The van der Waals surface area contributed by atoms with Crippen molar-refractivity contribution in [3.05, 3.63) is 0 Å². The van der Waals surface area contributed by atoms with Gasteiger partial charge < -0.3 is 15.5 Å². The number of carbonyl (C=O) groups excluding carboxylic acids is 1. The molecule has 0 aromatic rings. The van der Waals surface area contributed by atoms with Gasteiger partial charge in [-0.3, -0.25) is 4.79 Å². The lowest BCUT2D eigenvalue weighted by Crippen LogP contribution is -2.42. The van der Waals surface area contributed by atoms with E-state index in [1.807, 2.05) is 13.8 Å². The van der Waals surface area contributed by atoms with Crippen molar-refractivity contribution in [2.75, 3.05) is 6.61 Å². The molecule has 0 spiro atoms.